The van der Waals surface area contributed by atoms with E-state index in [1.165, 1.54) is 4.57 Å². The molecule has 0 spiro atoms. The zero-order chi connectivity index (χ0) is 19.1. The number of rotatable bonds is 7. The van der Waals surface area contributed by atoms with Crippen molar-refractivity contribution in [3.63, 3.8) is 0 Å². The van der Waals surface area contributed by atoms with E-state index in [0.29, 0.717) is 17.8 Å². The second kappa shape index (κ2) is 9.00. The van der Waals surface area contributed by atoms with Crippen molar-refractivity contribution < 1.29 is 5.11 Å². The first-order valence-electron chi connectivity index (χ1n) is 8.91. The molecule has 136 valence electrons. The molecular formula is C21H25N3O2. The first-order chi connectivity index (χ1) is 12.5. The Labute approximate surface area is 154 Å². The van der Waals surface area contributed by atoms with Crippen molar-refractivity contribution in [1.82, 2.24) is 4.57 Å². The lowest BCUT2D eigenvalue weighted by molar-refractivity contribution is 0.397. The molecule has 2 rings (SSSR count). The van der Waals surface area contributed by atoms with E-state index < -0.39 is 0 Å². The molecule has 1 N–H and O–H groups in total. The van der Waals surface area contributed by atoms with Crippen LogP contribution < -0.4 is 5.56 Å². The number of hydrogen-bond donors (Lipinski definition) is 1. The molecule has 5 heteroatoms. The minimum atomic E-state index is -0.369. The molecule has 0 aliphatic rings. The minimum Gasteiger partial charge on any atom is -0.493 e. The van der Waals surface area contributed by atoms with Crippen LogP contribution in [0.4, 0.5) is 11.4 Å². The van der Waals surface area contributed by atoms with Crippen molar-refractivity contribution in [2.75, 3.05) is 0 Å². The molecule has 26 heavy (non-hydrogen) atoms. The van der Waals surface area contributed by atoms with Gasteiger partial charge in [0.25, 0.3) is 5.56 Å². The Hall–Kier alpha value is -2.87. The summed E-state index contributed by atoms with van der Waals surface area (Å²) in [6, 6.07) is 7.52. The molecular weight excluding hydrogens is 326 g/mol. The lowest BCUT2D eigenvalue weighted by atomic mass is 10.1. The third-order valence-corrected chi connectivity index (χ3v) is 4.34. The molecule has 0 unspecified atom stereocenters. The molecule has 1 aromatic heterocycles. The number of azo groups is 1. The van der Waals surface area contributed by atoms with Gasteiger partial charge in [-0.1, -0.05) is 49.8 Å². The summed E-state index contributed by atoms with van der Waals surface area (Å²) in [5.74, 6) is 2.30. The Kier molecular flexibility index (Phi) is 6.74. The zero-order valence-corrected chi connectivity index (χ0v) is 15.6. The van der Waals surface area contributed by atoms with Crippen LogP contribution in [0.15, 0.2) is 39.3 Å². The zero-order valence-electron chi connectivity index (χ0n) is 15.6. The van der Waals surface area contributed by atoms with Gasteiger partial charge < -0.3 is 5.11 Å². The van der Waals surface area contributed by atoms with E-state index in [1.54, 1.807) is 6.92 Å². The van der Waals surface area contributed by atoms with Gasteiger partial charge in [0.05, 0.1) is 11.3 Å². The monoisotopic (exact) mass is 351 g/mol. The molecule has 0 amide bonds. The number of aryl methyl sites for hydroxylation is 1. The van der Waals surface area contributed by atoms with Crippen molar-refractivity contribution in [3.8, 4) is 18.2 Å². The molecule has 1 aromatic carbocycles. The standard InChI is InChI=1S/C21H25N3O2/c1-5-7-8-9-14-24-20(25)18(6-2)16(4)19(21(24)26)23-22-17-12-10-15(3)11-13-17/h2,10-13,25H,5,7-9,14H2,1,3-4H3. The quantitative estimate of drug-likeness (QED) is 0.426. The Morgan fingerprint density at radius 1 is 1.12 bits per heavy atom. The van der Waals surface area contributed by atoms with Gasteiger partial charge in [0.2, 0.25) is 5.88 Å². The molecule has 5 nitrogen and oxygen atoms in total. The van der Waals surface area contributed by atoms with Crippen molar-refractivity contribution >= 4 is 11.4 Å². The van der Waals surface area contributed by atoms with Crippen LogP contribution in [0.1, 0.15) is 49.3 Å². The van der Waals surface area contributed by atoms with Crippen LogP contribution in [0.25, 0.3) is 0 Å². The van der Waals surface area contributed by atoms with Crippen LogP contribution in [0.3, 0.4) is 0 Å². The second-order valence-corrected chi connectivity index (χ2v) is 6.37. The van der Waals surface area contributed by atoms with E-state index in [0.717, 1.165) is 31.2 Å². The van der Waals surface area contributed by atoms with E-state index >= 15 is 0 Å². The topological polar surface area (TPSA) is 67.0 Å². The second-order valence-electron chi connectivity index (χ2n) is 6.37. The van der Waals surface area contributed by atoms with Gasteiger partial charge in [0.1, 0.15) is 0 Å². The van der Waals surface area contributed by atoms with Crippen molar-refractivity contribution in [2.24, 2.45) is 10.2 Å². The Balaban J connectivity index is 2.43. The highest BCUT2D eigenvalue weighted by Gasteiger charge is 2.17. The smallest absolute Gasteiger partial charge is 0.281 e. The number of pyridine rings is 1. The number of terminal acetylenes is 1. The Morgan fingerprint density at radius 3 is 2.42 bits per heavy atom. The van der Waals surface area contributed by atoms with Gasteiger partial charge >= 0.3 is 0 Å². The predicted octanol–water partition coefficient (Wildman–Crippen LogP) is 5.15. The normalized spacial score (nSPS) is 11.0. The first-order valence-corrected chi connectivity index (χ1v) is 8.91. The SMILES string of the molecule is C#Cc1c(C)c(N=Nc2ccc(C)cc2)c(=O)n(CCCCCC)c1O. The van der Waals surface area contributed by atoms with E-state index in [4.69, 9.17) is 6.42 Å². The van der Waals surface area contributed by atoms with Gasteiger partial charge in [0.15, 0.2) is 5.69 Å². The van der Waals surface area contributed by atoms with Crippen LogP contribution in [0.5, 0.6) is 5.88 Å². The minimum absolute atomic E-state index is 0.166. The maximum absolute atomic E-state index is 12.8. The molecule has 0 fully saturated rings. The molecule has 1 heterocycles. The van der Waals surface area contributed by atoms with E-state index in [9.17, 15) is 9.90 Å². The van der Waals surface area contributed by atoms with Crippen molar-refractivity contribution in [1.29, 1.82) is 0 Å². The Morgan fingerprint density at radius 2 is 1.81 bits per heavy atom. The molecule has 0 saturated heterocycles. The van der Waals surface area contributed by atoms with Crippen molar-refractivity contribution in [2.45, 2.75) is 53.0 Å². The highest BCUT2D eigenvalue weighted by Crippen LogP contribution is 2.27. The number of benzene rings is 1. The van der Waals surface area contributed by atoms with Gasteiger partial charge in [-0.15, -0.1) is 11.5 Å². The van der Waals surface area contributed by atoms with Crippen LogP contribution >= 0.6 is 0 Å². The summed E-state index contributed by atoms with van der Waals surface area (Å²) >= 11 is 0. The summed E-state index contributed by atoms with van der Waals surface area (Å²) in [4.78, 5) is 12.8. The van der Waals surface area contributed by atoms with Gasteiger partial charge in [-0.3, -0.25) is 9.36 Å². The predicted molar refractivity (Wildman–Crippen MR) is 105 cm³/mol. The van der Waals surface area contributed by atoms with Crippen LogP contribution in [-0.2, 0) is 6.54 Å². The summed E-state index contributed by atoms with van der Waals surface area (Å²) in [6.07, 6.45) is 9.51. The fraction of sp³-hybridized carbons (Fsp3) is 0.381. The molecule has 0 bridgehead atoms. The van der Waals surface area contributed by atoms with Gasteiger partial charge in [-0.05, 0) is 32.4 Å². The fourth-order valence-electron chi connectivity index (χ4n) is 2.72. The van der Waals surface area contributed by atoms with Crippen LogP contribution in [0.2, 0.25) is 0 Å². The van der Waals surface area contributed by atoms with Gasteiger partial charge in [0, 0.05) is 12.1 Å². The summed E-state index contributed by atoms with van der Waals surface area (Å²) < 4.78 is 1.31. The third-order valence-electron chi connectivity index (χ3n) is 4.34. The molecule has 0 radical (unpaired) electrons. The maximum Gasteiger partial charge on any atom is 0.281 e. The molecule has 0 atom stereocenters. The number of aromatic nitrogens is 1. The van der Waals surface area contributed by atoms with Crippen molar-refractivity contribution in [3.05, 3.63) is 51.3 Å². The molecule has 0 aliphatic carbocycles. The van der Waals surface area contributed by atoms with Gasteiger partial charge in [-0.2, -0.15) is 5.11 Å². The van der Waals surface area contributed by atoms with Gasteiger partial charge in [-0.25, -0.2) is 0 Å². The number of aromatic hydroxyl groups is 1. The summed E-state index contributed by atoms with van der Waals surface area (Å²) in [5.41, 5.74) is 2.33. The lowest BCUT2D eigenvalue weighted by Gasteiger charge is -2.13. The highest BCUT2D eigenvalue weighted by molar-refractivity contribution is 5.57. The van der Waals surface area contributed by atoms with Crippen LogP contribution in [-0.4, -0.2) is 9.67 Å². The number of nitrogens with zero attached hydrogens (tertiary/aromatic N) is 3. The molecule has 0 saturated carbocycles. The summed E-state index contributed by atoms with van der Waals surface area (Å²) in [6.45, 7) is 6.20. The van der Waals surface area contributed by atoms with E-state index in [1.807, 2.05) is 31.2 Å². The number of hydrogen-bond acceptors (Lipinski definition) is 4. The molecule has 2 aromatic rings. The molecule has 0 aliphatic heterocycles. The summed E-state index contributed by atoms with van der Waals surface area (Å²) in [7, 11) is 0. The lowest BCUT2D eigenvalue weighted by Crippen LogP contribution is -2.22. The summed E-state index contributed by atoms with van der Waals surface area (Å²) in [5, 5.41) is 18.7. The fourth-order valence-corrected chi connectivity index (χ4v) is 2.72. The highest BCUT2D eigenvalue weighted by atomic mass is 16.3. The van der Waals surface area contributed by atoms with Crippen LogP contribution in [0, 0.1) is 26.2 Å². The first kappa shape index (κ1) is 19.5. The largest absolute Gasteiger partial charge is 0.493 e. The van der Waals surface area contributed by atoms with E-state index in [2.05, 4.69) is 23.1 Å². The number of unbranched alkanes of at least 4 members (excludes halogenated alkanes) is 3. The average molecular weight is 351 g/mol. The maximum atomic E-state index is 12.8. The Bertz CT molecular complexity index is 887. The third kappa shape index (κ3) is 4.40. The van der Waals surface area contributed by atoms with E-state index in [-0.39, 0.29) is 22.7 Å². The average Bonchev–Trinajstić information content (AvgIpc) is 2.63.